The first-order chi connectivity index (χ1) is 12.4. The van der Waals surface area contributed by atoms with Gasteiger partial charge >= 0.3 is 0 Å². The molecular formula is C21H24N2O3. The third-order valence-electron chi connectivity index (χ3n) is 4.24. The van der Waals surface area contributed by atoms with Gasteiger partial charge in [0.15, 0.2) is 6.61 Å². The Kier molecular flexibility index (Phi) is 5.26. The van der Waals surface area contributed by atoms with E-state index in [1.807, 2.05) is 45.0 Å². The lowest BCUT2D eigenvalue weighted by Gasteiger charge is -2.30. The highest BCUT2D eigenvalue weighted by atomic mass is 16.5. The van der Waals surface area contributed by atoms with Crippen molar-refractivity contribution in [2.45, 2.75) is 33.7 Å². The average Bonchev–Trinajstić information content (AvgIpc) is 2.58. The highest BCUT2D eigenvalue weighted by Gasteiger charge is 2.26. The SMILES string of the molecule is Cc1ccc(CN2C(=O)COc3ccc(NC(=O)CC(C)C)cc32)cc1. The number of amides is 2. The van der Waals surface area contributed by atoms with Crippen LogP contribution in [0, 0.1) is 12.8 Å². The normalized spacial score (nSPS) is 13.4. The lowest BCUT2D eigenvalue weighted by Crippen LogP contribution is -2.38. The Morgan fingerprint density at radius 2 is 1.92 bits per heavy atom. The number of fused-ring (bicyclic) bond motifs is 1. The monoisotopic (exact) mass is 352 g/mol. The van der Waals surface area contributed by atoms with Crippen molar-refractivity contribution in [3.8, 4) is 5.75 Å². The molecule has 1 aliphatic rings. The van der Waals surface area contributed by atoms with Crippen molar-refractivity contribution in [3.63, 3.8) is 0 Å². The zero-order valence-corrected chi connectivity index (χ0v) is 15.4. The van der Waals surface area contributed by atoms with Crippen LogP contribution < -0.4 is 15.0 Å². The molecule has 1 heterocycles. The fourth-order valence-electron chi connectivity index (χ4n) is 2.91. The molecule has 2 amide bonds. The number of aryl methyl sites for hydroxylation is 1. The van der Waals surface area contributed by atoms with Gasteiger partial charge in [-0.2, -0.15) is 0 Å². The quantitative estimate of drug-likeness (QED) is 0.888. The summed E-state index contributed by atoms with van der Waals surface area (Å²) in [6, 6.07) is 13.5. The number of benzene rings is 2. The van der Waals surface area contributed by atoms with Crippen LogP contribution in [0.25, 0.3) is 0 Å². The summed E-state index contributed by atoms with van der Waals surface area (Å²) in [5.74, 6) is 0.811. The van der Waals surface area contributed by atoms with Crippen LogP contribution in [-0.2, 0) is 16.1 Å². The van der Waals surface area contributed by atoms with Crippen molar-refractivity contribution < 1.29 is 14.3 Å². The van der Waals surface area contributed by atoms with E-state index in [4.69, 9.17) is 4.74 Å². The van der Waals surface area contributed by atoms with Crippen LogP contribution in [0.4, 0.5) is 11.4 Å². The van der Waals surface area contributed by atoms with Gasteiger partial charge in [0.2, 0.25) is 5.91 Å². The molecule has 0 unspecified atom stereocenters. The lowest BCUT2D eigenvalue weighted by atomic mass is 10.1. The summed E-state index contributed by atoms with van der Waals surface area (Å²) in [6.45, 7) is 6.53. The number of hydrogen-bond acceptors (Lipinski definition) is 3. The lowest BCUT2D eigenvalue weighted by molar-refractivity contribution is -0.121. The first-order valence-electron chi connectivity index (χ1n) is 8.85. The fraction of sp³-hybridized carbons (Fsp3) is 0.333. The molecule has 0 aromatic heterocycles. The van der Waals surface area contributed by atoms with E-state index in [1.165, 1.54) is 5.56 Å². The zero-order valence-electron chi connectivity index (χ0n) is 15.4. The number of carbonyl (C=O) groups excluding carboxylic acids is 2. The smallest absolute Gasteiger partial charge is 0.265 e. The maximum absolute atomic E-state index is 12.4. The second-order valence-corrected chi connectivity index (χ2v) is 7.08. The molecule has 2 aromatic carbocycles. The van der Waals surface area contributed by atoms with Gasteiger partial charge in [-0.3, -0.25) is 9.59 Å². The molecule has 5 heteroatoms. The highest BCUT2D eigenvalue weighted by Crippen LogP contribution is 2.35. The molecule has 0 saturated heterocycles. The van der Waals surface area contributed by atoms with Crippen LogP contribution in [0.1, 0.15) is 31.4 Å². The minimum atomic E-state index is -0.0938. The average molecular weight is 352 g/mol. The predicted octanol–water partition coefficient (Wildman–Crippen LogP) is 3.91. The third kappa shape index (κ3) is 4.23. The van der Waals surface area contributed by atoms with E-state index in [1.54, 1.807) is 23.1 Å². The molecule has 3 rings (SSSR count). The number of carbonyl (C=O) groups is 2. The molecule has 0 fully saturated rings. The van der Waals surface area contributed by atoms with E-state index in [2.05, 4.69) is 5.32 Å². The molecule has 0 atom stereocenters. The largest absolute Gasteiger partial charge is 0.482 e. The Balaban J connectivity index is 1.84. The van der Waals surface area contributed by atoms with Gasteiger partial charge in [-0.05, 0) is 36.6 Å². The summed E-state index contributed by atoms with van der Waals surface area (Å²) in [5.41, 5.74) is 3.58. The molecule has 0 bridgehead atoms. The summed E-state index contributed by atoms with van der Waals surface area (Å²) in [5, 5.41) is 2.90. The molecule has 1 aliphatic heterocycles. The van der Waals surface area contributed by atoms with Crippen molar-refractivity contribution >= 4 is 23.2 Å². The first-order valence-corrected chi connectivity index (χ1v) is 8.85. The second-order valence-electron chi connectivity index (χ2n) is 7.08. The number of nitrogens with one attached hydrogen (secondary N) is 1. The van der Waals surface area contributed by atoms with Gasteiger partial charge in [0.05, 0.1) is 12.2 Å². The topological polar surface area (TPSA) is 58.6 Å². The van der Waals surface area contributed by atoms with Gasteiger partial charge in [0.25, 0.3) is 5.91 Å². The minimum Gasteiger partial charge on any atom is -0.482 e. The van der Waals surface area contributed by atoms with Gasteiger partial charge in [-0.1, -0.05) is 43.7 Å². The first kappa shape index (κ1) is 18.0. The molecule has 136 valence electrons. The Labute approximate surface area is 154 Å². The molecular weight excluding hydrogens is 328 g/mol. The highest BCUT2D eigenvalue weighted by molar-refractivity contribution is 5.99. The van der Waals surface area contributed by atoms with E-state index >= 15 is 0 Å². The molecule has 5 nitrogen and oxygen atoms in total. The van der Waals surface area contributed by atoms with Gasteiger partial charge in [0.1, 0.15) is 5.75 Å². The van der Waals surface area contributed by atoms with Crippen molar-refractivity contribution in [1.82, 2.24) is 0 Å². The molecule has 0 saturated carbocycles. The number of ether oxygens (including phenoxy) is 1. The summed E-state index contributed by atoms with van der Waals surface area (Å²) < 4.78 is 5.54. The van der Waals surface area contributed by atoms with Crippen LogP contribution >= 0.6 is 0 Å². The number of nitrogens with zero attached hydrogens (tertiary/aromatic N) is 1. The van der Waals surface area contributed by atoms with E-state index in [9.17, 15) is 9.59 Å². The van der Waals surface area contributed by atoms with Gasteiger partial charge in [-0.15, -0.1) is 0 Å². The summed E-state index contributed by atoms with van der Waals surface area (Å²) in [6.07, 6.45) is 0.458. The molecule has 2 aromatic rings. The Morgan fingerprint density at radius 1 is 1.19 bits per heavy atom. The van der Waals surface area contributed by atoms with Crippen LogP contribution in [0.15, 0.2) is 42.5 Å². The Morgan fingerprint density at radius 3 is 2.62 bits per heavy atom. The molecule has 0 spiro atoms. The second kappa shape index (κ2) is 7.60. The van der Waals surface area contributed by atoms with Crippen LogP contribution in [0.5, 0.6) is 5.75 Å². The number of anilines is 2. The van der Waals surface area contributed by atoms with E-state index in [-0.39, 0.29) is 24.3 Å². The molecule has 26 heavy (non-hydrogen) atoms. The van der Waals surface area contributed by atoms with Crippen LogP contribution in [-0.4, -0.2) is 18.4 Å². The third-order valence-corrected chi connectivity index (χ3v) is 4.24. The van der Waals surface area contributed by atoms with Crippen molar-refractivity contribution in [1.29, 1.82) is 0 Å². The number of hydrogen-bond donors (Lipinski definition) is 1. The number of rotatable bonds is 5. The molecule has 0 aliphatic carbocycles. The van der Waals surface area contributed by atoms with E-state index in [0.717, 1.165) is 5.56 Å². The van der Waals surface area contributed by atoms with Gasteiger partial charge in [0, 0.05) is 12.1 Å². The van der Waals surface area contributed by atoms with E-state index < -0.39 is 0 Å². The minimum absolute atomic E-state index is 0.0257. The predicted molar refractivity (Wildman–Crippen MR) is 102 cm³/mol. The van der Waals surface area contributed by atoms with Gasteiger partial charge < -0.3 is 15.0 Å². The Hall–Kier alpha value is -2.82. The standard InChI is InChI=1S/C21H24N2O3/c1-14(2)10-20(24)22-17-8-9-19-18(11-17)23(21(25)13-26-19)12-16-6-4-15(3)5-7-16/h4-9,11,14H,10,12-13H2,1-3H3,(H,22,24). The fourth-order valence-corrected chi connectivity index (χ4v) is 2.91. The maximum Gasteiger partial charge on any atom is 0.265 e. The van der Waals surface area contributed by atoms with Crippen molar-refractivity contribution in [3.05, 3.63) is 53.6 Å². The Bertz CT molecular complexity index is 813. The summed E-state index contributed by atoms with van der Waals surface area (Å²) in [4.78, 5) is 26.2. The maximum atomic E-state index is 12.4. The van der Waals surface area contributed by atoms with Crippen LogP contribution in [0.3, 0.4) is 0 Å². The molecule has 0 radical (unpaired) electrons. The molecule has 1 N–H and O–H groups in total. The van der Waals surface area contributed by atoms with Crippen molar-refractivity contribution in [2.75, 3.05) is 16.8 Å². The summed E-state index contributed by atoms with van der Waals surface area (Å²) in [7, 11) is 0. The zero-order chi connectivity index (χ0) is 18.7. The van der Waals surface area contributed by atoms with E-state index in [0.29, 0.717) is 30.1 Å². The summed E-state index contributed by atoms with van der Waals surface area (Å²) >= 11 is 0. The van der Waals surface area contributed by atoms with Crippen LogP contribution in [0.2, 0.25) is 0 Å². The van der Waals surface area contributed by atoms with Gasteiger partial charge in [-0.25, -0.2) is 0 Å². The van der Waals surface area contributed by atoms with Crippen molar-refractivity contribution in [2.24, 2.45) is 5.92 Å².